The van der Waals surface area contributed by atoms with Crippen LogP contribution in [0.4, 0.5) is 0 Å². The molecule has 1 aromatic rings. The highest BCUT2D eigenvalue weighted by atomic mass is 16.5. The Morgan fingerprint density at radius 3 is 2.50 bits per heavy atom. The van der Waals surface area contributed by atoms with Crippen molar-refractivity contribution in [3.63, 3.8) is 0 Å². The first kappa shape index (κ1) is 16.8. The zero-order chi connectivity index (χ0) is 17.2. The molecule has 2 aliphatic carbocycles. The molecule has 1 spiro atoms. The first-order chi connectivity index (χ1) is 11.6. The highest BCUT2D eigenvalue weighted by Gasteiger charge is 2.56. The Morgan fingerprint density at radius 2 is 1.92 bits per heavy atom. The molecule has 0 aliphatic heterocycles. The lowest BCUT2D eigenvalue weighted by Gasteiger charge is -2.57. The number of ether oxygens (including phenoxy) is 1. The maximum atomic E-state index is 12.4. The van der Waals surface area contributed by atoms with E-state index >= 15 is 0 Å². The summed E-state index contributed by atoms with van der Waals surface area (Å²) in [4.78, 5) is 30.9. The van der Waals surface area contributed by atoms with Gasteiger partial charge < -0.3 is 15.2 Å². The van der Waals surface area contributed by atoms with Crippen LogP contribution in [0.15, 0.2) is 12.4 Å². The summed E-state index contributed by atoms with van der Waals surface area (Å²) in [5.41, 5.74) is 0.0133. The van der Waals surface area contributed by atoms with Gasteiger partial charge in [0, 0.05) is 18.1 Å². The number of aromatic nitrogens is 2. The van der Waals surface area contributed by atoms with E-state index in [2.05, 4.69) is 15.3 Å². The highest BCUT2D eigenvalue weighted by molar-refractivity contribution is 5.93. The van der Waals surface area contributed by atoms with Crippen molar-refractivity contribution in [2.75, 3.05) is 6.61 Å². The van der Waals surface area contributed by atoms with Gasteiger partial charge in [-0.2, -0.15) is 0 Å². The molecular weight excluding hydrogens is 310 g/mol. The molecule has 2 N–H and O–H groups in total. The zero-order valence-corrected chi connectivity index (χ0v) is 13.8. The van der Waals surface area contributed by atoms with Crippen molar-refractivity contribution in [3.05, 3.63) is 23.8 Å². The van der Waals surface area contributed by atoms with Crippen LogP contribution in [0, 0.1) is 5.41 Å². The molecule has 0 radical (unpaired) electrons. The van der Waals surface area contributed by atoms with Crippen molar-refractivity contribution in [3.8, 4) is 0 Å². The molecule has 130 valence electrons. The lowest BCUT2D eigenvalue weighted by Crippen LogP contribution is -2.65. The van der Waals surface area contributed by atoms with Crippen LogP contribution in [0.3, 0.4) is 0 Å². The molecule has 2 aliphatic rings. The van der Waals surface area contributed by atoms with Crippen LogP contribution in [0.2, 0.25) is 0 Å². The molecule has 0 aromatic carbocycles. The van der Waals surface area contributed by atoms with Gasteiger partial charge in [0.05, 0.1) is 18.5 Å². The number of rotatable bonds is 5. The zero-order valence-electron chi connectivity index (χ0n) is 13.8. The van der Waals surface area contributed by atoms with E-state index in [9.17, 15) is 9.59 Å². The molecule has 3 rings (SSSR count). The summed E-state index contributed by atoms with van der Waals surface area (Å²) in [5, 5.41) is 11.9. The summed E-state index contributed by atoms with van der Waals surface area (Å²) in [7, 11) is 0. The Bertz CT molecular complexity index is 611. The van der Waals surface area contributed by atoms with Gasteiger partial charge in [-0.3, -0.25) is 4.79 Å². The molecular formula is C17H23N3O4. The fourth-order valence-electron chi connectivity index (χ4n) is 4.05. The van der Waals surface area contributed by atoms with E-state index in [1.165, 1.54) is 25.5 Å². The Labute approximate surface area is 140 Å². The van der Waals surface area contributed by atoms with E-state index in [-0.39, 0.29) is 34.9 Å². The first-order valence-electron chi connectivity index (χ1n) is 8.54. The molecule has 2 atom stereocenters. The standard InChI is InChI=1S/C17H23N3O4/c1-2-24-14-8-13(17(14)6-4-3-5-7-17)20-15(21)11-9-19-12(10-18-11)16(22)23/h9-10,13-14H,2-8H2,1H3,(H,20,21)(H,22,23). The Kier molecular flexibility index (Phi) is 4.80. The second-order valence-corrected chi connectivity index (χ2v) is 6.59. The van der Waals surface area contributed by atoms with Crippen LogP contribution >= 0.6 is 0 Å². The number of carboxylic acids is 1. The van der Waals surface area contributed by atoms with Crippen LogP contribution in [-0.4, -0.2) is 45.7 Å². The van der Waals surface area contributed by atoms with Gasteiger partial charge in [-0.25, -0.2) is 14.8 Å². The summed E-state index contributed by atoms with van der Waals surface area (Å²) < 4.78 is 5.89. The van der Waals surface area contributed by atoms with Crippen LogP contribution in [-0.2, 0) is 4.74 Å². The van der Waals surface area contributed by atoms with Crippen molar-refractivity contribution in [2.24, 2.45) is 5.41 Å². The largest absolute Gasteiger partial charge is 0.476 e. The van der Waals surface area contributed by atoms with Gasteiger partial charge in [0.15, 0.2) is 5.69 Å². The number of nitrogens with one attached hydrogen (secondary N) is 1. The molecule has 2 saturated carbocycles. The first-order valence-corrected chi connectivity index (χ1v) is 8.54. The SMILES string of the molecule is CCOC1CC(NC(=O)c2cnc(C(=O)O)cn2)C12CCCCC2. The fourth-order valence-corrected chi connectivity index (χ4v) is 4.05. The van der Waals surface area contributed by atoms with E-state index < -0.39 is 5.97 Å². The third kappa shape index (κ3) is 3.00. The summed E-state index contributed by atoms with van der Waals surface area (Å²) in [6.07, 6.45) is 9.09. The van der Waals surface area contributed by atoms with Crippen molar-refractivity contribution in [2.45, 2.75) is 57.6 Å². The Balaban J connectivity index is 1.68. The van der Waals surface area contributed by atoms with E-state index in [1.807, 2.05) is 6.92 Å². The molecule has 24 heavy (non-hydrogen) atoms. The lowest BCUT2D eigenvalue weighted by atomic mass is 9.55. The fraction of sp³-hybridized carbons (Fsp3) is 0.647. The lowest BCUT2D eigenvalue weighted by molar-refractivity contribution is -0.146. The molecule has 7 nitrogen and oxygen atoms in total. The van der Waals surface area contributed by atoms with Gasteiger partial charge in [0.25, 0.3) is 5.91 Å². The maximum Gasteiger partial charge on any atom is 0.356 e. The van der Waals surface area contributed by atoms with Crippen LogP contribution < -0.4 is 5.32 Å². The van der Waals surface area contributed by atoms with E-state index in [1.54, 1.807) is 0 Å². The maximum absolute atomic E-state index is 12.4. The number of hydrogen-bond donors (Lipinski definition) is 2. The number of amides is 1. The van der Waals surface area contributed by atoms with Gasteiger partial charge in [-0.1, -0.05) is 19.3 Å². The summed E-state index contributed by atoms with van der Waals surface area (Å²) in [6, 6.07) is 0.0859. The second-order valence-electron chi connectivity index (χ2n) is 6.59. The Morgan fingerprint density at radius 1 is 1.25 bits per heavy atom. The van der Waals surface area contributed by atoms with Crippen LogP contribution in [0.5, 0.6) is 0 Å². The van der Waals surface area contributed by atoms with Crippen LogP contribution in [0.1, 0.15) is 66.4 Å². The highest BCUT2D eigenvalue weighted by Crippen LogP contribution is 2.53. The Hall–Kier alpha value is -2.02. The predicted molar refractivity (Wildman–Crippen MR) is 85.8 cm³/mol. The minimum absolute atomic E-state index is 0.0400. The monoisotopic (exact) mass is 333 g/mol. The van der Waals surface area contributed by atoms with E-state index in [4.69, 9.17) is 9.84 Å². The normalized spacial score (nSPS) is 25.0. The molecule has 1 aromatic heterocycles. The second kappa shape index (κ2) is 6.84. The quantitative estimate of drug-likeness (QED) is 0.855. The summed E-state index contributed by atoms with van der Waals surface area (Å²) >= 11 is 0. The van der Waals surface area contributed by atoms with Gasteiger partial charge in [0.1, 0.15) is 5.69 Å². The predicted octanol–water partition coefficient (Wildman–Crippen LogP) is 2.03. The topological polar surface area (TPSA) is 101 Å². The third-order valence-corrected chi connectivity index (χ3v) is 5.35. The van der Waals surface area contributed by atoms with Gasteiger partial charge >= 0.3 is 5.97 Å². The number of hydrogen-bond acceptors (Lipinski definition) is 5. The minimum atomic E-state index is -1.16. The molecule has 0 saturated heterocycles. The van der Waals surface area contributed by atoms with Crippen molar-refractivity contribution in [1.82, 2.24) is 15.3 Å². The molecule has 2 unspecified atom stereocenters. The average molecular weight is 333 g/mol. The molecule has 0 bridgehead atoms. The number of aromatic carboxylic acids is 1. The minimum Gasteiger partial charge on any atom is -0.476 e. The number of carboxylic acid groups (broad SMARTS) is 1. The van der Waals surface area contributed by atoms with Crippen molar-refractivity contribution < 1.29 is 19.4 Å². The number of carbonyl (C=O) groups is 2. The number of nitrogens with zero attached hydrogens (tertiary/aromatic N) is 2. The smallest absolute Gasteiger partial charge is 0.356 e. The van der Waals surface area contributed by atoms with Gasteiger partial charge in [-0.05, 0) is 26.2 Å². The molecule has 7 heteroatoms. The van der Waals surface area contributed by atoms with Gasteiger partial charge in [-0.15, -0.1) is 0 Å². The van der Waals surface area contributed by atoms with Crippen molar-refractivity contribution in [1.29, 1.82) is 0 Å². The van der Waals surface area contributed by atoms with Gasteiger partial charge in [0.2, 0.25) is 0 Å². The summed E-state index contributed by atoms with van der Waals surface area (Å²) in [6.45, 7) is 2.69. The molecule has 2 fully saturated rings. The van der Waals surface area contributed by atoms with Crippen LogP contribution in [0.25, 0.3) is 0 Å². The summed E-state index contributed by atoms with van der Waals surface area (Å²) in [5.74, 6) is -1.46. The molecule has 1 amide bonds. The van der Waals surface area contributed by atoms with E-state index in [0.29, 0.717) is 6.61 Å². The van der Waals surface area contributed by atoms with E-state index in [0.717, 1.165) is 25.5 Å². The average Bonchev–Trinajstić information content (AvgIpc) is 2.61. The molecule has 1 heterocycles. The number of carbonyl (C=O) groups excluding carboxylic acids is 1. The van der Waals surface area contributed by atoms with Crippen molar-refractivity contribution >= 4 is 11.9 Å². The third-order valence-electron chi connectivity index (χ3n) is 5.35.